The van der Waals surface area contributed by atoms with Crippen LogP contribution in [0, 0.1) is 11.8 Å². The SMILES string of the molecule is O=C(CCN1C(=O)[C@H]2CCCC[C@@H]2C1=O)NCc1ccccc1S(=O)(=O)N1CCOCC1. The first-order valence-corrected chi connectivity index (χ1v) is 12.6. The largest absolute Gasteiger partial charge is 0.379 e. The molecule has 32 heavy (non-hydrogen) atoms. The summed E-state index contributed by atoms with van der Waals surface area (Å²) >= 11 is 0. The summed E-state index contributed by atoms with van der Waals surface area (Å²) in [7, 11) is -3.69. The van der Waals surface area contributed by atoms with Crippen LogP contribution < -0.4 is 5.32 Å². The molecule has 1 aromatic rings. The van der Waals surface area contributed by atoms with E-state index < -0.39 is 10.0 Å². The van der Waals surface area contributed by atoms with E-state index in [1.165, 1.54) is 15.3 Å². The minimum Gasteiger partial charge on any atom is -0.379 e. The average molecular weight is 464 g/mol. The Kier molecular flexibility index (Phi) is 6.92. The van der Waals surface area contributed by atoms with Gasteiger partial charge in [0.15, 0.2) is 0 Å². The van der Waals surface area contributed by atoms with Crippen molar-refractivity contribution in [1.82, 2.24) is 14.5 Å². The number of imide groups is 1. The van der Waals surface area contributed by atoms with E-state index in [9.17, 15) is 22.8 Å². The van der Waals surface area contributed by atoms with E-state index in [-0.39, 0.29) is 54.0 Å². The number of benzene rings is 1. The van der Waals surface area contributed by atoms with Gasteiger partial charge in [-0.15, -0.1) is 0 Å². The number of amides is 3. The fraction of sp³-hybridized carbons (Fsp3) is 0.591. The molecule has 1 aliphatic carbocycles. The Morgan fingerprint density at radius 1 is 1.03 bits per heavy atom. The van der Waals surface area contributed by atoms with Crippen molar-refractivity contribution in [3.05, 3.63) is 29.8 Å². The van der Waals surface area contributed by atoms with Crippen LogP contribution in [0.3, 0.4) is 0 Å². The number of nitrogens with one attached hydrogen (secondary N) is 1. The van der Waals surface area contributed by atoms with Crippen LogP contribution in [0.2, 0.25) is 0 Å². The maximum absolute atomic E-state index is 13.0. The zero-order chi connectivity index (χ0) is 22.7. The van der Waals surface area contributed by atoms with Gasteiger partial charge in [0.25, 0.3) is 0 Å². The molecule has 0 aromatic heterocycles. The summed E-state index contributed by atoms with van der Waals surface area (Å²) in [5, 5.41) is 2.73. The summed E-state index contributed by atoms with van der Waals surface area (Å²) in [5.74, 6) is -1.10. The number of carbonyl (C=O) groups excluding carboxylic acids is 3. The fourth-order valence-corrected chi connectivity index (χ4v) is 6.40. The van der Waals surface area contributed by atoms with Crippen LogP contribution in [0.4, 0.5) is 0 Å². The van der Waals surface area contributed by atoms with Gasteiger partial charge in [0.1, 0.15) is 0 Å². The molecule has 2 atom stereocenters. The van der Waals surface area contributed by atoms with E-state index in [0.717, 1.165) is 25.7 Å². The number of likely N-dealkylation sites (tertiary alicyclic amines) is 1. The van der Waals surface area contributed by atoms with Gasteiger partial charge in [0, 0.05) is 32.6 Å². The van der Waals surface area contributed by atoms with Crippen molar-refractivity contribution in [2.45, 2.75) is 43.5 Å². The monoisotopic (exact) mass is 463 g/mol. The molecule has 1 N–H and O–H groups in total. The predicted molar refractivity (Wildman–Crippen MR) is 115 cm³/mol. The second-order valence-corrected chi connectivity index (χ2v) is 10.4. The second-order valence-electron chi connectivity index (χ2n) is 8.48. The minimum absolute atomic E-state index is 0.00466. The summed E-state index contributed by atoms with van der Waals surface area (Å²) in [6.07, 6.45) is 3.40. The van der Waals surface area contributed by atoms with E-state index in [0.29, 0.717) is 31.9 Å². The molecule has 1 saturated carbocycles. The molecule has 3 fully saturated rings. The van der Waals surface area contributed by atoms with Crippen molar-refractivity contribution in [2.75, 3.05) is 32.8 Å². The number of hydrogen-bond acceptors (Lipinski definition) is 6. The van der Waals surface area contributed by atoms with Crippen molar-refractivity contribution < 1.29 is 27.5 Å². The van der Waals surface area contributed by atoms with E-state index in [4.69, 9.17) is 4.74 Å². The quantitative estimate of drug-likeness (QED) is 0.601. The maximum Gasteiger partial charge on any atom is 0.243 e. The van der Waals surface area contributed by atoms with Gasteiger partial charge in [-0.05, 0) is 24.5 Å². The van der Waals surface area contributed by atoms with Crippen molar-refractivity contribution in [3.8, 4) is 0 Å². The molecule has 10 heteroatoms. The highest BCUT2D eigenvalue weighted by Crippen LogP contribution is 2.37. The normalized spacial score (nSPS) is 24.4. The summed E-state index contributed by atoms with van der Waals surface area (Å²) in [5.41, 5.74) is 0.492. The number of nitrogens with zero attached hydrogens (tertiary/aromatic N) is 2. The lowest BCUT2D eigenvalue weighted by molar-refractivity contribution is -0.140. The lowest BCUT2D eigenvalue weighted by Crippen LogP contribution is -2.41. The third kappa shape index (κ3) is 4.57. The van der Waals surface area contributed by atoms with Crippen LogP contribution in [0.25, 0.3) is 0 Å². The van der Waals surface area contributed by atoms with Crippen molar-refractivity contribution in [1.29, 1.82) is 0 Å². The molecule has 9 nitrogen and oxygen atoms in total. The summed E-state index contributed by atoms with van der Waals surface area (Å²) in [4.78, 5) is 38.9. The lowest BCUT2D eigenvalue weighted by atomic mass is 9.81. The van der Waals surface area contributed by atoms with Crippen molar-refractivity contribution in [2.24, 2.45) is 11.8 Å². The molecular formula is C22H29N3O6S. The number of morpholine rings is 1. The third-order valence-corrected chi connectivity index (χ3v) is 8.53. The first-order chi connectivity index (χ1) is 15.4. The Hall–Kier alpha value is -2.30. The van der Waals surface area contributed by atoms with E-state index in [1.54, 1.807) is 18.2 Å². The first kappa shape index (κ1) is 22.9. The number of carbonyl (C=O) groups is 3. The molecule has 2 aliphatic heterocycles. The highest BCUT2D eigenvalue weighted by atomic mass is 32.2. The highest BCUT2D eigenvalue weighted by Gasteiger charge is 2.47. The molecule has 3 aliphatic rings. The number of hydrogen-bond donors (Lipinski definition) is 1. The highest BCUT2D eigenvalue weighted by molar-refractivity contribution is 7.89. The topological polar surface area (TPSA) is 113 Å². The maximum atomic E-state index is 13.0. The number of sulfonamides is 1. The van der Waals surface area contributed by atoms with Crippen LogP contribution in [0.5, 0.6) is 0 Å². The van der Waals surface area contributed by atoms with Crippen LogP contribution in [-0.4, -0.2) is 68.2 Å². The van der Waals surface area contributed by atoms with E-state index in [2.05, 4.69) is 5.32 Å². The molecule has 2 saturated heterocycles. The smallest absolute Gasteiger partial charge is 0.243 e. The summed E-state index contributed by atoms with van der Waals surface area (Å²) < 4.78 is 32.7. The molecule has 3 amide bonds. The predicted octanol–water partition coefficient (Wildman–Crippen LogP) is 0.889. The molecule has 1 aromatic carbocycles. The van der Waals surface area contributed by atoms with E-state index >= 15 is 0 Å². The molecule has 0 bridgehead atoms. The number of ether oxygens (including phenoxy) is 1. The Morgan fingerprint density at radius 2 is 1.66 bits per heavy atom. The van der Waals surface area contributed by atoms with Gasteiger partial charge < -0.3 is 10.1 Å². The molecule has 0 unspecified atom stereocenters. The van der Waals surface area contributed by atoms with Crippen LogP contribution in [0.15, 0.2) is 29.2 Å². The van der Waals surface area contributed by atoms with Crippen LogP contribution >= 0.6 is 0 Å². The van der Waals surface area contributed by atoms with Crippen LogP contribution in [-0.2, 0) is 35.7 Å². The summed E-state index contributed by atoms with van der Waals surface area (Å²) in [6, 6.07) is 6.59. The molecule has 0 spiro atoms. The van der Waals surface area contributed by atoms with Gasteiger partial charge in [-0.2, -0.15) is 4.31 Å². The van der Waals surface area contributed by atoms with Gasteiger partial charge in [-0.3, -0.25) is 19.3 Å². The number of rotatable bonds is 7. The Labute approximate surface area is 188 Å². The van der Waals surface area contributed by atoms with Gasteiger partial charge in [0.2, 0.25) is 27.7 Å². The molecule has 2 heterocycles. The Morgan fingerprint density at radius 3 is 2.31 bits per heavy atom. The Balaban J connectivity index is 1.35. The average Bonchev–Trinajstić information content (AvgIpc) is 3.07. The summed E-state index contributed by atoms with van der Waals surface area (Å²) in [6.45, 7) is 1.41. The van der Waals surface area contributed by atoms with Gasteiger partial charge in [-0.1, -0.05) is 31.0 Å². The standard InChI is InChI=1S/C22H29N3O6S/c26-20(9-10-25-21(27)17-6-2-3-7-18(17)22(25)28)23-15-16-5-1-4-8-19(16)32(29,30)24-11-13-31-14-12-24/h1,4-5,8,17-18H,2-3,6-7,9-15H2,(H,23,26)/t17-,18-/m0/s1. The first-order valence-electron chi connectivity index (χ1n) is 11.2. The second kappa shape index (κ2) is 9.68. The molecule has 4 rings (SSSR count). The fourth-order valence-electron chi connectivity index (χ4n) is 4.77. The zero-order valence-electron chi connectivity index (χ0n) is 18.0. The molecule has 0 radical (unpaired) electrons. The van der Waals surface area contributed by atoms with E-state index in [1.807, 2.05) is 0 Å². The Bertz CT molecular complexity index is 965. The minimum atomic E-state index is -3.69. The van der Waals surface area contributed by atoms with Crippen molar-refractivity contribution in [3.63, 3.8) is 0 Å². The van der Waals surface area contributed by atoms with Gasteiger partial charge in [0.05, 0.1) is 29.9 Å². The zero-order valence-corrected chi connectivity index (χ0v) is 18.8. The van der Waals surface area contributed by atoms with Gasteiger partial charge >= 0.3 is 0 Å². The number of fused-ring (bicyclic) bond motifs is 1. The molecule has 174 valence electrons. The van der Waals surface area contributed by atoms with Crippen LogP contribution in [0.1, 0.15) is 37.7 Å². The van der Waals surface area contributed by atoms with Crippen molar-refractivity contribution >= 4 is 27.7 Å². The third-order valence-electron chi connectivity index (χ3n) is 6.53. The van der Waals surface area contributed by atoms with Gasteiger partial charge in [-0.25, -0.2) is 8.42 Å². The lowest BCUT2D eigenvalue weighted by Gasteiger charge is -2.27. The molecular weight excluding hydrogens is 434 g/mol.